The average Bonchev–Trinajstić information content (AvgIpc) is 3.51. The van der Waals surface area contributed by atoms with Crippen LogP contribution >= 0.6 is 0 Å². The van der Waals surface area contributed by atoms with E-state index in [1.54, 1.807) is 0 Å². The third-order valence-electron chi connectivity index (χ3n) is 14.8. The Labute approximate surface area is 516 Å². The number of unbranched alkanes of at least 4 members (excludes halogenated alkanes) is 25. The van der Waals surface area contributed by atoms with Gasteiger partial charge in [-0.3, -0.25) is 14.4 Å². The van der Waals surface area contributed by atoms with Gasteiger partial charge in [-0.25, -0.2) is 4.79 Å². The summed E-state index contributed by atoms with van der Waals surface area (Å²) >= 11 is 0. The van der Waals surface area contributed by atoms with Gasteiger partial charge in [0.1, 0.15) is 18.8 Å². The lowest BCUT2D eigenvalue weighted by Crippen LogP contribution is -2.61. The number of hydrogen-bond donors (Lipinski definition) is 3. The van der Waals surface area contributed by atoms with E-state index >= 15 is 0 Å². The van der Waals surface area contributed by atoms with Crippen molar-refractivity contribution in [3.05, 3.63) is 109 Å². The van der Waals surface area contributed by atoms with Crippen molar-refractivity contribution in [1.29, 1.82) is 0 Å². The fourth-order valence-corrected chi connectivity index (χ4v) is 9.65. The lowest BCUT2D eigenvalue weighted by molar-refractivity contribution is -0.301. The van der Waals surface area contributed by atoms with Crippen LogP contribution in [0.5, 0.6) is 0 Å². The smallest absolute Gasteiger partial charge is 0.335 e. The number of carbonyl (C=O) groups excluding carboxylic acids is 3. The molecule has 1 saturated heterocycles. The van der Waals surface area contributed by atoms with E-state index in [-0.39, 0.29) is 25.9 Å². The number of allylic oxidation sites excluding steroid dienone is 18. The van der Waals surface area contributed by atoms with E-state index in [0.717, 1.165) is 128 Å². The molecular formula is C73H120O12. The van der Waals surface area contributed by atoms with Crippen molar-refractivity contribution in [1.82, 2.24) is 0 Å². The number of aliphatic hydroxyl groups excluding tert-OH is 2. The van der Waals surface area contributed by atoms with Crippen molar-refractivity contribution in [2.75, 3.05) is 13.2 Å². The number of aliphatic hydroxyl groups is 2. The highest BCUT2D eigenvalue weighted by molar-refractivity contribution is 5.74. The van der Waals surface area contributed by atoms with E-state index < -0.39 is 67.3 Å². The summed E-state index contributed by atoms with van der Waals surface area (Å²) in [6.45, 7) is 5.81. The van der Waals surface area contributed by atoms with Crippen LogP contribution in [0.4, 0.5) is 0 Å². The summed E-state index contributed by atoms with van der Waals surface area (Å²) in [6, 6.07) is 0. The first-order chi connectivity index (χ1) is 41.6. The molecule has 0 spiro atoms. The summed E-state index contributed by atoms with van der Waals surface area (Å²) in [7, 11) is 0. The molecule has 1 aliphatic heterocycles. The van der Waals surface area contributed by atoms with E-state index in [2.05, 4.69) is 118 Å². The molecule has 85 heavy (non-hydrogen) atoms. The van der Waals surface area contributed by atoms with Crippen LogP contribution in [0, 0.1) is 0 Å². The Bertz CT molecular complexity index is 1890. The average molecular weight is 1190 g/mol. The van der Waals surface area contributed by atoms with Gasteiger partial charge in [-0.2, -0.15) is 0 Å². The lowest BCUT2D eigenvalue weighted by Gasteiger charge is -2.40. The van der Waals surface area contributed by atoms with E-state index in [9.17, 15) is 34.5 Å². The summed E-state index contributed by atoms with van der Waals surface area (Å²) in [5, 5.41) is 31.6. The minimum Gasteiger partial charge on any atom is -0.479 e. The monoisotopic (exact) mass is 1190 g/mol. The molecule has 0 aromatic carbocycles. The number of aliphatic carboxylic acids is 1. The molecule has 1 heterocycles. The molecule has 0 aromatic rings. The summed E-state index contributed by atoms with van der Waals surface area (Å²) in [5.41, 5.74) is 0. The molecule has 1 fully saturated rings. The number of hydrogen-bond acceptors (Lipinski definition) is 11. The highest BCUT2D eigenvalue weighted by atomic mass is 16.7. The molecule has 1 aliphatic rings. The minimum atomic E-state index is -1.92. The molecule has 12 heteroatoms. The van der Waals surface area contributed by atoms with Crippen molar-refractivity contribution in [2.24, 2.45) is 0 Å². The second-order valence-corrected chi connectivity index (χ2v) is 22.7. The first-order valence-electron chi connectivity index (χ1n) is 33.9. The second-order valence-electron chi connectivity index (χ2n) is 22.7. The topological polar surface area (TPSA) is 175 Å². The van der Waals surface area contributed by atoms with E-state index in [0.29, 0.717) is 19.3 Å². The highest BCUT2D eigenvalue weighted by Gasteiger charge is 2.50. The Morgan fingerprint density at radius 1 is 0.400 bits per heavy atom. The van der Waals surface area contributed by atoms with Gasteiger partial charge in [0.2, 0.25) is 0 Å². The molecule has 1 rings (SSSR count). The predicted molar refractivity (Wildman–Crippen MR) is 349 cm³/mol. The largest absolute Gasteiger partial charge is 0.479 e. The van der Waals surface area contributed by atoms with E-state index in [4.69, 9.17) is 23.7 Å². The molecule has 0 aromatic heterocycles. The van der Waals surface area contributed by atoms with Crippen molar-refractivity contribution >= 4 is 23.9 Å². The van der Waals surface area contributed by atoms with Crippen molar-refractivity contribution in [3.63, 3.8) is 0 Å². The Morgan fingerprint density at radius 2 is 0.765 bits per heavy atom. The van der Waals surface area contributed by atoms with E-state index in [1.807, 2.05) is 12.2 Å². The third-order valence-corrected chi connectivity index (χ3v) is 14.8. The predicted octanol–water partition coefficient (Wildman–Crippen LogP) is 18.6. The van der Waals surface area contributed by atoms with Crippen LogP contribution in [0.2, 0.25) is 0 Å². The van der Waals surface area contributed by atoms with Gasteiger partial charge in [0.25, 0.3) is 0 Å². The van der Waals surface area contributed by atoms with Crippen molar-refractivity contribution in [3.8, 4) is 0 Å². The van der Waals surface area contributed by atoms with Crippen molar-refractivity contribution < 1.29 is 58.2 Å². The van der Waals surface area contributed by atoms with Crippen LogP contribution in [-0.2, 0) is 42.9 Å². The summed E-state index contributed by atoms with van der Waals surface area (Å²) in [5.74, 6) is -3.24. The fraction of sp³-hybridized carbons (Fsp3) is 0.699. The minimum absolute atomic E-state index is 0.0463. The highest BCUT2D eigenvalue weighted by Crippen LogP contribution is 2.27. The van der Waals surface area contributed by atoms with Crippen molar-refractivity contribution in [2.45, 2.75) is 314 Å². The maximum absolute atomic E-state index is 13.2. The zero-order valence-electron chi connectivity index (χ0n) is 53.6. The summed E-state index contributed by atoms with van der Waals surface area (Å²) < 4.78 is 28.5. The van der Waals surface area contributed by atoms with Gasteiger partial charge in [0.05, 0.1) is 6.61 Å². The van der Waals surface area contributed by atoms with Gasteiger partial charge in [-0.05, 0) is 116 Å². The molecular weight excluding hydrogens is 1070 g/mol. The molecule has 0 amide bonds. The lowest BCUT2D eigenvalue weighted by atomic mass is 9.98. The third kappa shape index (κ3) is 49.1. The van der Waals surface area contributed by atoms with Gasteiger partial charge in [-0.1, -0.05) is 252 Å². The zero-order valence-corrected chi connectivity index (χ0v) is 53.6. The Hall–Kier alpha value is -4.62. The SMILES string of the molecule is CC/C=C\C/C=C\C/C=C\C/C=C\C/C=C\C/C=C\CCC(=O)OCC(COC1OC(C(=O)O)C(O)C(O)C1OC(=O)CCCCCCCCCCC/C=C\CCCCCCCC)OC(=O)CCCCCCCCC/C=C\C/C=C\CCCCC. The molecule has 6 atom stereocenters. The number of carboxylic acid groups (broad SMARTS) is 1. The van der Waals surface area contributed by atoms with Crippen LogP contribution in [0.25, 0.3) is 0 Å². The normalized spacial score (nSPS) is 18.2. The number of carboxylic acids is 1. The molecule has 0 aliphatic carbocycles. The number of carbonyl (C=O) groups is 4. The molecule has 3 N–H and O–H groups in total. The number of esters is 3. The van der Waals surface area contributed by atoms with Gasteiger partial charge in [-0.15, -0.1) is 0 Å². The van der Waals surface area contributed by atoms with Crippen LogP contribution in [0.15, 0.2) is 109 Å². The second kappa shape index (κ2) is 59.7. The summed E-state index contributed by atoms with van der Waals surface area (Å²) in [6.07, 6.45) is 69.1. The van der Waals surface area contributed by atoms with Gasteiger partial charge >= 0.3 is 23.9 Å². The molecule has 484 valence electrons. The first kappa shape index (κ1) is 78.4. The molecule has 0 bridgehead atoms. The van der Waals surface area contributed by atoms with Gasteiger partial charge in [0.15, 0.2) is 24.6 Å². The molecule has 12 nitrogen and oxygen atoms in total. The van der Waals surface area contributed by atoms with Crippen LogP contribution in [-0.4, -0.2) is 89.2 Å². The molecule has 0 saturated carbocycles. The van der Waals surface area contributed by atoms with Gasteiger partial charge < -0.3 is 39.0 Å². The maximum atomic E-state index is 13.2. The maximum Gasteiger partial charge on any atom is 0.335 e. The molecule has 0 radical (unpaired) electrons. The Balaban J connectivity index is 2.70. The molecule has 6 unspecified atom stereocenters. The Kier molecular flexibility index (Phi) is 55.1. The first-order valence-corrected chi connectivity index (χ1v) is 33.9. The van der Waals surface area contributed by atoms with Crippen LogP contribution < -0.4 is 0 Å². The zero-order chi connectivity index (χ0) is 61.7. The Morgan fingerprint density at radius 3 is 1.21 bits per heavy atom. The fourth-order valence-electron chi connectivity index (χ4n) is 9.65. The van der Waals surface area contributed by atoms with Gasteiger partial charge in [0, 0.05) is 19.3 Å². The standard InChI is InChI=1S/C73H120O12/c1-4-7-10-13-16-19-22-25-28-31-33-36-38-41-44-47-50-53-56-59-65(74)81-62-64(83-66(75)60-57-54-51-48-45-42-39-35-30-27-24-21-18-15-12-9-6-3)63-82-73-71(69(78)68(77)70(85-73)72(79)80)84-67(76)61-58-55-52-49-46-43-40-37-34-32-29-26-23-20-17-14-11-8-5-2/h7,10,16,18-19,21,25-30,33,36,41,44,50,53,64,68-71,73,77-78H,4-6,8-9,11-15,17,20,22-24,31-32,34-35,37-40,42-43,45-49,51-52,54-63H2,1-3H3,(H,79,80)/b10-7-,19-16-,21-18-,28-25-,29-26-,30-27-,36-33-,44-41-,53-50-. The van der Waals surface area contributed by atoms with E-state index in [1.165, 1.54) is 89.9 Å². The number of ether oxygens (including phenoxy) is 5. The summed E-state index contributed by atoms with van der Waals surface area (Å²) in [4.78, 5) is 51.4. The van der Waals surface area contributed by atoms with Crippen LogP contribution in [0.1, 0.15) is 278 Å². The van der Waals surface area contributed by atoms with Crippen LogP contribution in [0.3, 0.4) is 0 Å². The number of rotatable bonds is 57. The quantitative estimate of drug-likeness (QED) is 0.0228.